The van der Waals surface area contributed by atoms with Gasteiger partial charge in [0.1, 0.15) is 5.75 Å². The van der Waals surface area contributed by atoms with Crippen molar-refractivity contribution in [2.45, 2.75) is 6.10 Å². The van der Waals surface area contributed by atoms with E-state index in [2.05, 4.69) is 0 Å². The van der Waals surface area contributed by atoms with Gasteiger partial charge in [-0.2, -0.15) is 0 Å². The highest BCUT2D eigenvalue weighted by molar-refractivity contribution is 6.12. The molecule has 2 aromatic rings. The molecule has 1 atom stereocenters. The summed E-state index contributed by atoms with van der Waals surface area (Å²) in [6.07, 6.45) is 1.48. The number of hydrogen-bond acceptors (Lipinski definition) is 3. The molecular formula is C18H17NO2. The van der Waals surface area contributed by atoms with Gasteiger partial charge < -0.3 is 9.64 Å². The van der Waals surface area contributed by atoms with Crippen LogP contribution in [0.1, 0.15) is 22.0 Å². The SMILES string of the molecule is CN(C)/C=C1\C(=O)c2ccccc2OC1c1ccccc1. The summed E-state index contributed by atoms with van der Waals surface area (Å²) in [7, 11) is 3.81. The van der Waals surface area contributed by atoms with Crippen LogP contribution in [0, 0.1) is 0 Å². The second-order valence-electron chi connectivity index (χ2n) is 5.28. The van der Waals surface area contributed by atoms with Crippen LogP contribution in [-0.4, -0.2) is 24.8 Å². The Hall–Kier alpha value is -2.55. The minimum absolute atomic E-state index is 0.0272. The van der Waals surface area contributed by atoms with Crippen molar-refractivity contribution in [3.05, 3.63) is 77.5 Å². The zero-order chi connectivity index (χ0) is 14.8. The van der Waals surface area contributed by atoms with Crippen LogP contribution in [0.4, 0.5) is 0 Å². The van der Waals surface area contributed by atoms with Gasteiger partial charge in [0.25, 0.3) is 0 Å². The number of ether oxygens (including phenoxy) is 1. The van der Waals surface area contributed by atoms with E-state index in [1.165, 1.54) is 0 Å². The number of nitrogens with zero attached hydrogens (tertiary/aromatic N) is 1. The molecule has 1 aliphatic rings. The van der Waals surface area contributed by atoms with Gasteiger partial charge in [-0.1, -0.05) is 42.5 Å². The number of ketones is 1. The number of hydrogen-bond donors (Lipinski definition) is 0. The van der Waals surface area contributed by atoms with Crippen LogP contribution >= 0.6 is 0 Å². The van der Waals surface area contributed by atoms with E-state index in [-0.39, 0.29) is 11.9 Å². The summed E-state index contributed by atoms with van der Waals surface area (Å²) < 4.78 is 6.09. The average molecular weight is 279 g/mol. The Balaban J connectivity index is 2.12. The Kier molecular flexibility index (Phi) is 3.48. The summed E-state index contributed by atoms with van der Waals surface area (Å²) in [6.45, 7) is 0. The van der Waals surface area contributed by atoms with Crippen molar-refractivity contribution < 1.29 is 9.53 Å². The molecule has 3 heteroatoms. The number of carbonyl (C=O) groups excluding carboxylic acids is 1. The van der Waals surface area contributed by atoms with E-state index in [0.717, 1.165) is 5.56 Å². The summed E-state index contributed by atoms with van der Waals surface area (Å²) in [5.74, 6) is 0.673. The first kappa shape index (κ1) is 13.4. The van der Waals surface area contributed by atoms with Crippen molar-refractivity contribution in [2.24, 2.45) is 0 Å². The van der Waals surface area contributed by atoms with E-state index in [4.69, 9.17) is 4.74 Å². The zero-order valence-electron chi connectivity index (χ0n) is 12.1. The lowest BCUT2D eigenvalue weighted by atomic mass is 9.91. The Labute approximate surface area is 124 Å². The summed E-state index contributed by atoms with van der Waals surface area (Å²) >= 11 is 0. The maximum absolute atomic E-state index is 12.8. The van der Waals surface area contributed by atoms with Crippen molar-refractivity contribution in [1.29, 1.82) is 0 Å². The van der Waals surface area contributed by atoms with E-state index in [9.17, 15) is 4.79 Å². The summed E-state index contributed by atoms with van der Waals surface area (Å²) in [6, 6.07) is 17.2. The predicted molar refractivity (Wildman–Crippen MR) is 82.4 cm³/mol. The molecule has 0 aromatic heterocycles. The fraction of sp³-hybridized carbons (Fsp3) is 0.167. The average Bonchev–Trinajstić information content (AvgIpc) is 2.50. The maximum Gasteiger partial charge on any atom is 0.198 e. The van der Waals surface area contributed by atoms with Gasteiger partial charge in [0.15, 0.2) is 11.9 Å². The van der Waals surface area contributed by atoms with Crippen LogP contribution in [0.3, 0.4) is 0 Å². The summed E-state index contributed by atoms with van der Waals surface area (Å²) in [4.78, 5) is 14.6. The quantitative estimate of drug-likeness (QED) is 0.789. The molecule has 3 rings (SSSR count). The standard InChI is InChI=1S/C18H17NO2/c1-19(2)12-15-17(20)14-10-6-7-11-16(14)21-18(15)13-8-4-3-5-9-13/h3-12,18H,1-2H3/b15-12+. The van der Waals surface area contributed by atoms with E-state index in [0.29, 0.717) is 16.9 Å². The molecule has 2 aromatic carbocycles. The van der Waals surface area contributed by atoms with Gasteiger partial charge in [0.05, 0.1) is 11.1 Å². The molecule has 0 saturated carbocycles. The molecule has 0 N–H and O–H groups in total. The minimum atomic E-state index is -0.365. The van der Waals surface area contributed by atoms with Crippen molar-refractivity contribution in [3.8, 4) is 5.75 Å². The Morgan fingerprint density at radius 3 is 2.38 bits per heavy atom. The Morgan fingerprint density at radius 1 is 1.00 bits per heavy atom. The molecule has 0 radical (unpaired) electrons. The van der Waals surface area contributed by atoms with Crippen LogP contribution < -0.4 is 4.74 Å². The highest BCUT2D eigenvalue weighted by Crippen LogP contribution is 2.38. The molecule has 0 fully saturated rings. The topological polar surface area (TPSA) is 29.5 Å². The third-order valence-corrected chi connectivity index (χ3v) is 3.42. The number of fused-ring (bicyclic) bond motifs is 1. The fourth-order valence-electron chi connectivity index (χ4n) is 2.50. The van der Waals surface area contributed by atoms with Gasteiger partial charge in [-0.3, -0.25) is 4.79 Å². The van der Waals surface area contributed by atoms with Crippen LogP contribution in [0.2, 0.25) is 0 Å². The normalized spacial score (nSPS) is 19.0. The van der Waals surface area contributed by atoms with Crippen molar-refractivity contribution >= 4 is 5.78 Å². The van der Waals surface area contributed by atoms with Gasteiger partial charge >= 0.3 is 0 Å². The van der Waals surface area contributed by atoms with E-state index in [1.807, 2.05) is 79.8 Å². The van der Waals surface area contributed by atoms with Crippen molar-refractivity contribution in [2.75, 3.05) is 14.1 Å². The van der Waals surface area contributed by atoms with Crippen molar-refractivity contribution in [1.82, 2.24) is 4.90 Å². The van der Waals surface area contributed by atoms with Crippen LogP contribution in [0.5, 0.6) is 5.75 Å². The smallest absolute Gasteiger partial charge is 0.198 e. The first-order valence-corrected chi connectivity index (χ1v) is 6.90. The molecule has 106 valence electrons. The molecule has 0 spiro atoms. The van der Waals surface area contributed by atoms with Gasteiger partial charge in [0, 0.05) is 20.3 Å². The largest absolute Gasteiger partial charge is 0.480 e. The Morgan fingerprint density at radius 2 is 1.67 bits per heavy atom. The van der Waals surface area contributed by atoms with Gasteiger partial charge in [-0.25, -0.2) is 0 Å². The zero-order valence-corrected chi connectivity index (χ0v) is 12.1. The number of benzene rings is 2. The minimum Gasteiger partial charge on any atom is -0.480 e. The lowest BCUT2D eigenvalue weighted by Crippen LogP contribution is -2.25. The highest BCUT2D eigenvalue weighted by atomic mass is 16.5. The number of Topliss-reactive ketones (excluding diaryl/α,β-unsaturated/α-hetero) is 1. The second-order valence-corrected chi connectivity index (χ2v) is 5.28. The molecule has 1 heterocycles. The number of carbonyl (C=O) groups is 1. The molecule has 1 aliphatic heterocycles. The Bertz CT molecular complexity index is 689. The van der Waals surface area contributed by atoms with E-state index in [1.54, 1.807) is 0 Å². The first-order chi connectivity index (χ1) is 10.2. The summed E-state index contributed by atoms with van der Waals surface area (Å²) in [5.41, 5.74) is 2.26. The molecule has 1 unspecified atom stereocenters. The molecule has 21 heavy (non-hydrogen) atoms. The van der Waals surface area contributed by atoms with Gasteiger partial charge in [0.2, 0.25) is 0 Å². The molecule has 0 amide bonds. The van der Waals surface area contributed by atoms with Crippen LogP contribution in [-0.2, 0) is 0 Å². The van der Waals surface area contributed by atoms with Crippen LogP contribution in [0.15, 0.2) is 66.4 Å². The number of para-hydroxylation sites is 1. The van der Waals surface area contributed by atoms with E-state index >= 15 is 0 Å². The maximum atomic E-state index is 12.8. The monoisotopic (exact) mass is 279 g/mol. The van der Waals surface area contributed by atoms with Crippen LogP contribution in [0.25, 0.3) is 0 Å². The van der Waals surface area contributed by atoms with Gasteiger partial charge in [-0.05, 0) is 17.7 Å². The predicted octanol–water partition coefficient (Wildman–Crippen LogP) is 3.45. The molecule has 3 nitrogen and oxygen atoms in total. The highest BCUT2D eigenvalue weighted by Gasteiger charge is 2.32. The van der Waals surface area contributed by atoms with Crippen molar-refractivity contribution in [3.63, 3.8) is 0 Å². The second kappa shape index (κ2) is 5.44. The fourth-order valence-corrected chi connectivity index (χ4v) is 2.50. The molecular weight excluding hydrogens is 262 g/mol. The molecule has 0 bridgehead atoms. The molecule has 0 saturated heterocycles. The van der Waals surface area contributed by atoms with Gasteiger partial charge in [-0.15, -0.1) is 0 Å². The van der Waals surface area contributed by atoms with E-state index < -0.39 is 0 Å². The summed E-state index contributed by atoms with van der Waals surface area (Å²) in [5, 5.41) is 0. The first-order valence-electron chi connectivity index (χ1n) is 6.90. The third kappa shape index (κ3) is 2.55. The number of rotatable bonds is 2. The lowest BCUT2D eigenvalue weighted by Gasteiger charge is -2.28. The third-order valence-electron chi connectivity index (χ3n) is 3.42. The molecule has 0 aliphatic carbocycles. The lowest BCUT2D eigenvalue weighted by molar-refractivity contribution is 0.0957.